The van der Waals surface area contributed by atoms with Crippen LogP contribution in [0.2, 0.25) is 0 Å². The zero-order valence-corrected chi connectivity index (χ0v) is 10.6. The standard InChI is InChI=1S/C11H19N3O3/c1-11(2,17)7-12-6-8-5-9(15)14(4)10(16)13(8)3/h5,12,17H,6-7H2,1-4H3. The molecule has 0 bridgehead atoms. The average molecular weight is 241 g/mol. The van der Waals surface area contributed by atoms with Crippen molar-refractivity contribution in [3.63, 3.8) is 0 Å². The van der Waals surface area contributed by atoms with Crippen LogP contribution >= 0.6 is 0 Å². The van der Waals surface area contributed by atoms with Gasteiger partial charge in [-0.25, -0.2) is 4.79 Å². The quantitative estimate of drug-likeness (QED) is 0.705. The molecule has 1 rings (SSSR count). The largest absolute Gasteiger partial charge is 0.389 e. The smallest absolute Gasteiger partial charge is 0.330 e. The van der Waals surface area contributed by atoms with Crippen LogP contribution in [0.1, 0.15) is 19.5 Å². The van der Waals surface area contributed by atoms with Crippen molar-refractivity contribution in [2.24, 2.45) is 14.1 Å². The SMILES string of the molecule is Cn1c(CNCC(C)(C)O)cc(=O)n(C)c1=O. The fraction of sp³-hybridized carbons (Fsp3) is 0.636. The summed E-state index contributed by atoms with van der Waals surface area (Å²) in [5, 5.41) is 12.5. The first kappa shape index (κ1) is 13.7. The molecule has 0 atom stereocenters. The van der Waals surface area contributed by atoms with E-state index >= 15 is 0 Å². The van der Waals surface area contributed by atoms with Gasteiger partial charge in [0, 0.05) is 38.9 Å². The molecule has 0 aliphatic carbocycles. The molecule has 0 amide bonds. The molecular weight excluding hydrogens is 222 g/mol. The summed E-state index contributed by atoms with van der Waals surface area (Å²) in [6.07, 6.45) is 0. The maximum atomic E-state index is 11.6. The van der Waals surface area contributed by atoms with Gasteiger partial charge in [0.25, 0.3) is 5.56 Å². The summed E-state index contributed by atoms with van der Waals surface area (Å²) in [6, 6.07) is 1.42. The van der Waals surface area contributed by atoms with Crippen molar-refractivity contribution >= 4 is 0 Å². The number of nitrogens with zero attached hydrogens (tertiary/aromatic N) is 2. The second-order valence-electron chi connectivity index (χ2n) is 4.79. The predicted molar refractivity (Wildman–Crippen MR) is 64.9 cm³/mol. The fourth-order valence-corrected chi connectivity index (χ4v) is 1.44. The van der Waals surface area contributed by atoms with Crippen molar-refractivity contribution in [1.82, 2.24) is 14.5 Å². The van der Waals surface area contributed by atoms with Crippen molar-refractivity contribution in [2.45, 2.75) is 26.0 Å². The number of hydrogen-bond donors (Lipinski definition) is 2. The Labute approximate surface area is 99.5 Å². The summed E-state index contributed by atoms with van der Waals surface area (Å²) in [4.78, 5) is 23.1. The maximum absolute atomic E-state index is 11.6. The summed E-state index contributed by atoms with van der Waals surface area (Å²) in [7, 11) is 3.06. The Morgan fingerprint density at radius 3 is 2.41 bits per heavy atom. The third-order valence-corrected chi connectivity index (χ3v) is 2.49. The molecule has 1 heterocycles. The van der Waals surface area contributed by atoms with Gasteiger partial charge in [-0.1, -0.05) is 0 Å². The number of hydrogen-bond acceptors (Lipinski definition) is 4. The van der Waals surface area contributed by atoms with Crippen molar-refractivity contribution in [1.29, 1.82) is 0 Å². The normalized spacial score (nSPS) is 11.8. The van der Waals surface area contributed by atoms with Crippen LogP contribution in [-0.4, -0.2) is 26.4 Å². The van der Waals surface area contributed by atoms with E-state index in [1.807, 2.05) is 0 Å². The summed E-state index contributed by atoms with van der Waals surface area (Å²) in [6.45, 7) is 4.12. The minimum Gasteiger partial charge on any atom is -0.389 e. The molecule has 0 spiro atoms. The Bertz CT molecular complexity index is 508. The molecule has 96 valence electrons. The predicted octanol–water partition coefficient (Wildman–Crippen LogP) is -1.06. The molecule has 17 heavy (non-hydrogen) atoms. The van der Waals surface area contributed by atoms with E-state index < -0.39 is 5.60 Å². The van der Waals surface area contributed by atoms with Crippen LogP contribution in [0.15, 0.2) is 15.7 Å². The highest BCUT2D eigenvalue weighted by molar-refractivity contribution is 5.01. The van der Waals surface area contributed by atoms with Gasteiger partial charge in [0.05, 0.1) is 5.60 Å². The van der Waals surface area contributed by atoms with Gasteiger partial charge in [0.2, 0.25) is 0 Å². The van der Waals surface area contributed by atoms with Gasteiger partial charge < -0.3 is 10.4 Å². The summed E-state index contributed by atoms with van der Waals surface area (Å²) in [5.74, 6) is 0. The van der Waals surface area contributed by atoms with Gasteiger partial charge in [0.1, 0.15) is 0 Å². The molecule has 1 aromatic heterocycles. The van der Waals surface area contributed by atoms with Crippen molar-refractivity contribution in [3.05, 3.63) is 32.6 Å². The van der Waals surface area contributed by atoms with E-state index in [0.29, 0.717) is 18.8 Å². The molecule has 1 aromatic rings. The zero-order valence-electron chi connectivity index (χ0n) is 10.6. The van der Waals surface area contributed by atoms with Gasteiger partial charge in [-0.2, -0.15) is 0 Å². The Balaban J connectivity index is 2.87. The van der Waals surface area contributed by atoms with E-state index in [1.165, 1.54) is 17.7 Å². The minimum absolute atomic E-state index is 0.326. The number of aliphatic hydroxyl groups is 1. The van der Waals surface area contributed by atoms with Crippen molar-refractivity contribution in [2.75, 3.05) is 6.54 Å². The Kier molecular flexibility index (Phi) is 3.90. The van der Waals surface area contributed by atoms with Crippen molar-refractivity contribution < 1.29 is 5.11 Å². The molecule has 0 aromatic carbocycles. The molecule has 0 radical (unpaired) electrons. The number of nitrogens with one attached hydrogen (secondary N) is 1. The molecule has 0 saturated heterocycles. The minimum atomic E-state index is -0.821. The Morgan fingerprint density at radius 1 is 1.29 bits per heavy atom. The summed E-state index contributed by atoms with van der Waals surface area (Å²) < 4.78 is 2.47. The molecule has 6 nitrogen and oxygen atoms in total. The second kappa shape index (κ2) is 4.85. The highest BCUT2D eigenvalue weighted by atomic mass is 16.3. The van der Waals surface area contributed by atoms with E-state index in [4.69, 9.17) is 0 Å². The second-order valence-corrected chi connectivity index (χ2v) is 4.79. The molecule has 0 unspecified atom stereocenters. The van der Waals surface area contributed by atoms with Gasteiger partial charge >= 0.3 is 5.69 Å². The van der Waals surface area contributed by atoms with Crippen LogP contribution in [0.5, 0.6) is 0 Å². The van der Waals surface area contributed by atoms with Gasteiger partial charge in [-0.3, -0.25) is 13.9 Å². The lowest BCUT2D eigenvalue weighted by molar-refractivity contribution is 0.0793. The fourth-order valence-electron chi connectivity index (χ4n) is 1.44. The lowest BCUT2D eigenvalue weighted by atomic mass is 10.1. The van der Waals surface area contributed by atoms with Crippen LogP contribution in [0, 0.1) is 0 Å². The average Bonchev–Trinajstić information content (AvgIpc) is 2.21. The lowest BCUT2D eigenvalue weighted by Crippen LogP contribution is -2.40. The molecular formula is C11H19N3O3. The lowest BCUT2D eigenvalue weighted by Gasteiger charge is -2.18. The van der Waals surface area contributed by atoms with Gasteiger partial charge in [-0.15, -0.1) is 0 Å². The molecule has 0 aliphatic heterocycles. The van der Waals surface area contributed by atoms with Gasteiger partial charge in [0.15, 0.2) is 0 Å². The first-order valence-corrected chi connectivity index (χ1v) is 5.41. The first-order valence-electron chi connectivity index (χ1n) is 5.41. The number of rotatable bonds is 4. The molecule has 0 aliphatic rings. The molecule has 0 saturated carbocycles. The summed E-state index contributed by atoms with van der Waals surface area (Å²) >= 11 is 0. The Hall–Kier alpha value is -1.40. The first-order chi connectivity index (χ1) is 7.72. The summed E-state index contributed by atoms with van der Waals surface area (Å²) in [5.41, 5.74) is -0.897. The van der Waals surface area contributed by atoms with Gasteiger partial charge in [-0.05, 0) is 13.8 Å². The number of aromatic nitrogens is 2. The van der Waals surface area contributed by atoms with E-state index in [2.05, 4.69) is 5.32 Å². The zero-order chi connectivity index (χ0) is 13.2. The molecule has 6 heteroatoms. The highest BCUT2D eigenvalue weighted by Gasteiger charge is 2.12. The third kappa shape index (κ3) is 3.54. The monoisotopic (exact) mass is 241 g/mol. The Morgan fingerprint density at radius 2 is 1.88 bits per heavy atom. The van der Waals surface area contributed by atoms with E-state index in [9.17, 15) is 14.7 Å². The molecule has 0 fully saturated rings. The highest BCUT2D eigenvalue weighted by Crippen LogP contribution is 1.98. The van der Waals surface area contributed by atoms with Crippen molar-refractivity contribution in [3.8, 4) is 0 Å². The van der Waals surface area contributed by atoms with Crippen LogP contribution in [-0.2, 0) is 20.6 Å². The van der Waals surface area contributed by atoms with Crippen LogP contribution < -0.4 is 16.6 Å². The maximum Gasteiger partial charge on any atom is 0.330 e. The van der Waals surface area contributed by atoms with E-state index in [1.54, 1.807) is 20.9 Å². The van der Waals surface area contributed by atoms with Crippen LogP contribution in [0.3, 0.4) is 0 Å². The third-order valence-electron chi connectivity index (χ3n) is 2.49. The van der Waals surface area contributed by atoms with Crippen LogP contribution in [0.4, 0.5) is 0 Å². The van der Waals surface area contributed by atoms with Crippen LogP contribution in [0.25, 0.3) is 0 Å². The topological polar surface area (TPSA) is 76.3 Å². The van der Waals surface area contributed by atoms with E-state index in [-0.39, 0.29) is 11.2 Å². The molecule has 2 N–H and O–H groups in total. The van der Waals surface area contributed by atoms with E-state index in [0.717, 1.165) is 4.57 Å².